The van der Waals surface area contributed by atoms with Crippen molar-refractivity contribution in [2.75, 3.05) is 13.7 Å². The van der Waals surface area contributed by atoms with Crippen molar-refractivity contribution < 1.29 is 9.53 Å². The summed E-state index contributed by atoms with van der Waals surface area (Å²) in [5.74, 6) is -0.169. The molecule has 0 saturated heterocycles. The molecule has 1 fully saturated rings. The number of ether oxygens (including phenoxy) is 1. The second-order valence-corrected chi connectivity index (χ2v) is 5.73. The topological polar surface area (TPSA) is 56.1 Å². The van der Waals surface area contributed by atoms with Crippen LogP contribution in [0.4, 0.5) is 0 Å². The van der Waals surface area contributed by atoms with Crippen LogP contribution >= 0.6 is 11.6 Å². The molecule has 0 bridgehead atoms. The van der Waals surface area contributed by atoms with Crippen molar-refractivity contribution in [3.63, 3.8) is 0 Å². The van der Waals surface area contributed by atoms with Gasteiger partial charge in [0, 0.05) is 18.3 Å². The Morgan fingerprint density at radius 2 is 2.10 bits per heavy atom. The van der Waals surface area contributed by atoms with Gasteiger partial charge in [-0.25, -0.2) is 4.68 Å². The molecule has 1 aliphatic rings. The first-order valence-electron chi connectivity index (χ1n) is 6.75. The van der Waals surface area contributed by atoms with Gasteiger partial charge in [-0.1, -0.05) is 11.6 Å². The van der Waals surface area contributed by atoms with Gasteiger partial charge < -0.3 is 10.1 Å². The fraction of sp³-hybridized carbons (Fsp3) is 0.333. The number of carbonyl (C=O) groups excluding carboxylic acids is 1. The number of aromatic nitrogens is 2. The summed E-state index contributed by atoms with van der Waals surface area (Å²) in [5.41, 5.74) is 1.05. The van der Waals surface area contributed by atoms with Crippen LogP contribution in [-0.4, -0.2) is 34.9 Å². The standard InChI is InChI=1S/C15H16ClN3O2/c1-21-10-15(7-8-15)17-14(20)13-6-9-19(18-13)12-4-2-11(16)3-5-12/h2-6,9H,7-8,10H2,1H3,(H,17,20). The Morgan fingerprint density at radius 1 is 1.38 bits per heavy atom. The van der Waals surface area contributed by atoms with Gasteiger partial charge >= 0.3 is 0 Å². The number of nitrogens with one attached hydrogen (secondary N) is 1. The lowest BCUT2D eigenvalue weighted by Gasteiger charge is -2.15. The van der Waals surface area contributed by atoms with Crippen molar-refractivity contribution in [2.45, 2.75) is 18.4 Å². The van der Waals surface area contributed by atoms with Crippen LogP contribution in [0.1, 0.15) is 23.3 Å². The molecule has 6 heteroatoms. The van der Waals surface area contributed by atoms with Gasteiger partial charge in [-0.3, -0.25) is 4.79 Å². The van der Waals surface area contributed by atoms with Crippen molar-refractivity contribution in [1.29, 1.82) is 0 Å². The van der Waals surface area contributed by atoms with Crippen LogP contribution in [0.25, 0.3) is 5.69 Å². The summed E-state index contributed by atoms with van der Waals surface area (Å²) in [5, 5.41) is 7.97. The first-order valence-corrected chi connectivity index (χ1v) is 7.13. The van der Waals surface area contributed by atoms with E-state index in [4.69, 9.17) is 16.3 Å². The predicted molar refractivity (Wildman–Crippen MR) is 79.9 cm³/mol. The van der Waals surface area contributed by atoms with Gasteiger partial charge in [0.15, 0.2) is 5.69 Å². The molecule has 1 amide bonds. The smallest absolute Gasteiger partial charge is 0.272 e. The summed E-state index contributed by atoms with van der Waals surface area (Å²) in [6.45, 7) is 0.538. The zero-order valence-electron chi connectivity index (χ0n) is 11.7. The lowest BCUT2D eigenvalue weighted by atomic mass is 10.2. The molecule has 2 aromatic rings. The summed E-state index contributed by atoms with van der Waals surface area (Å²) in [6.07, 6.45) is 3.66. The highest BCUT2D eigenvalue weighted by atomic mass is 35.5. The van der Waals surface area contributed by atoms with Gasteiger partial charge in [0.2, 0.25) is 0 Å². The Hall–Kier alpha value is -1.85. The van der Waals surface area contributed by atoms with E-state index in [0.29, 0.717) is 17.3 Å². The van der Waals surface area contributed by atoms with Gasteiger partial charge in [-0.15, -0.1) is 0 Å². The van der Waals surface area contributed by atoms with Crippen molar-refractivity contribution in [1.82, 2.24) is 15.1 Å². The van der Waals surface area contributed by atoms with Crippen LogP contribution in [0.3, 0.4) is 0 Å². The van der Waals surface area contributed by atoms with Crippen LogP contribution < -0.4 is 5.32 Å². The molecule has 1 N–H and O–H groups in total. The van der Waals surface area contributed by atoms with E-state index < -0.39 is 0 Å². The number of hydrogen-bond acceptors (Lipinski definition) is 3. The maximum atomic E-state index is 12.2. The highest BCUT2D eigenvalue weighted by Gasteiger charge is 2.44. The molecule has 1 aromatic heterocycles. The zero-order chi connectivity index (χ0) is 14.9. The molecule has 5 nitrogen and oxygen atoms in total. The van der Waals surface area contributed by atoms with E-state index in [1.807, 2.05) is 12.1 Å². The van der Waals surface area contributed by atoms with Gasteiger partial charge in [0.25, 0.3) is 5.91 Å². The molecule has 0 radical (unpaired) electrons. The fourth-order valence-corrected chi connectivity index (χ4v) is 2.35. The van der Waals surface area contributed by atoms with Gasteiger partial charge in [-0.05, 0) is 43.2 Å². The Morgan fingerprint density at radius 3 is 2.71 bits per heavy atom. The predicted octanol–water partition coefficient (Wildman–Crippen LogP) is 2.43. The summed E-state index contributed by atoms with van der Waals surface area (Å²) in [6, 6.07) is 8.98. The molecule has 0 atom stereocenters. The fourth-order valence-electron chi connectivity index (χ4n) is 2.22. The quantitative estimate of drug-likeness (QED) is 0.923. The molecule has 1 aliphatic carbocycles. The lowest BCUT2D eigenvalue weighted by molar-refractivity contribution is 0.0876. The van der Waals surface area contributed by atoms with Crippen molar-refractivity contribution in [3.8, 4) is 5.69 Å². The number of methoxy groups -OCH3 is 1. The minimum Gasteiger partial charge on any atom is -0.382 e. The molecule has 0 spiro atoms. The van der Waals surface area contributed by atoms with E-state index in [1.165, 1.54) is 0 Å². The van der Waals surface area contributed by atoms with Crippen LogP contribution in [0, 0.1) is 0 Å². The van der Waals surface area contributed by atoms with Gasteiger partial charge in [0.1, 0.15) is 0 Å². The molecular weight excluding hydrogens is 290 g/mol. The minimum atomic E-state index is -0.199. The van der Waals surface area contributed by atoms with E-state index in [1.54, 1.807) is 36.2 Å². The Labute approximate surface area is 127 Å². The Kier molecular flexibility index (Phi) is 3.69. The van der Waals surface area contributed by atoms with E-state index >= 15 is 0 Å². The number of halogens is 1. The van der Waals surface area contributed by atoms with E-state index in [0.717, 1.165) is 18.5 Å². The average molecular weight is 306 g/mol. The third-order valence-electron chi connectivity index (χ3n) is 3.57. The molecule has 0 aliphatic heterocycles. The SMILES string of the molecule is COCC1(NC(=O)c2ccn(-c3ccc(Cl)cc3)n2)CC1. The molecule has 110 valence electrons. The van der Waals surface area contributed by atoms with Gasteiger partial charge in [-0.2, -0.15) is 5.10 Å². The number of hydrogen-bond donors (Lipinski definition) is 1. The number of amides is 1. The molecule has 3 rings (SSSR count). The maximum absolute atomic E-state index is 12.2. The molecule has 0 unspecified atom stereocenters. The monoisotopic (exact) mass is 305 g/mol. The van der Waals surface area contributed by atoms with E-state index in [2.05, 4.69) is 10.4 Å². The van der Waals surface area contributed by atoms with Crippen molar-refractivity contribution in [3.05, 3.63) is 47.2 Å². The molecule has 1 saturated carbocycles. The maximum Gasteiger partial charge on any atom is 0.272 e. The lowest BCUT2D eigenvalue weighted by Crippen LogP contribution is -2.40. The largest absolute Gasteiger partial charge is 0.382 e. The van der Waals surface area contributed by atoms with Crippen LogP contribution in [0.15, 0.2) is 36.5 Å². The second-order valence-electron chi connectivity index (χ2n) is 5.29. The van der Waals surface area contributed by atoms with Crippen LogP contribution in [0.2, 0.25) is 5.02 Å². The Bertz CT molecular complexity index is 647. The first-order chi connectivity index (χ1) is 10.1. The molecular formula is C15H16ClN3O2. The summed E-state index contributed by atoms with van der Waals surface area (Å²) in [4.78, 5) is 12.2. The summed E-state index contributed by atoms with van der Waals surface area (Å²) >= 11 is 5.86. The van der Waals surface area contributed by atoms with Crippen molar-refractivity contribution in [2.24, 2.45) is 0 Å². The highest BCUT2D eigenvalue weighted by Crippen LogP contribution is 2.35. The Balaban J connectivity index is 1.72. The van der Waals surface area contributed by atoms with Gasteiger partial charge in [0.05, 0.1) is 17.8 Å². The number of carbonyl (C=O) groups is 1. The number of nitrogens with zero attached hydrogens (tertiary/aromatic N) is 2. The summed E-state index contributed by atoms with van der Waals surface area (Å²) in [7, 11) is 1.64. The molecule has 1 aromatic carbocycles. The van der Waals surface area contributed by atoms with Crippen molar-refractivity contribution >= 4 is 17.5 Å². The molecule has 1 heterocycles. The number of benzene rings is 1. The second kappa shape index (κ2) is 5.50. The minimum absolute atomic E-state index is 0.169. The van der Waals surface area contributed by atoms with Crippen LogP contribution in [0.5, 0.6) is 0 Å². The zero-order valence-corrected chi connectivity index (χ0v) is 12.4. The summed E-state index contributed by atoms with van der Waals surface area (Å²) < 4.78 is 6.79. The number of rotatable bonds is 5. The van der Waals surface area contributed by atoms with E-state index in [-0.39, 0.29) is 11.4 Å². The molecule has 21 heavy (non-hydrogen) atoms. The van der Waals surface area contributed by atoms with E-state index in [9.17, 15) is 4.79 Å². The normalized spacial score (nSPS) is 15.7. The van der Waals surface area contributed by atoms with Crippen LogP contribution in [-0.2, 0) is 4.74 Å². The average Bonchev–Trinajstić information content (AvgIpc) is 3.04. The third kappa shape index (κ3) is 3.09. The third-order valence-corrected chi connectivity index (χ3v) is 3.82. The first kappa shape index (κ1) is 14.1. The highest BCUT2D eigenvalue weighted by molar-refractivity contribution is 6.30.